The number of hydrogen-bond acceptors (Lipinski definition) is 4. The number of benzene rings is 2. The van der Waals surface area contributed by atoms with E-state index in [2.05, 4.69) is 0 Å². The molecule has 1 N–H and O–H groups in total. The fourth-order valence-corrected chi connectivity index (χ4v) is 1.88. The summed E-state index contributed by atoms with van der Waals surface area (Å²) in [5.41, 5.74) is 1.82. The zero-order chi connectivity index (χ0) is 15.9. The predicted octanol–water partition coefficient (Wildman–Crippen LogP) is 3.19. The fourth-order valence-electron chi connectivity index (χ4n) is 1.88. The second-order valence-electron chi connectivity index (χ2n) is 4.75. The lowest BCUT2D eigenvalue weighted by Crippen LogP contribution is -1.98. The molecule has 114 valence electrons. The van der Waals surface area contributed by atoms with Gasteiger partial charge >= 0.3 is 5.97 Å². The first-order valence-electron chi connectivity index (χ1n) is 6.71. The second-order valence-corrected chi connectivity index (χ2v) is 4.75. The Balaban J connectivity index is 1.88. The summed E-state index contributed by atoms with van der Waals surface area (Å²) in [7, 11) is 0. The van der Waals surface area contributed by atoms with Crippen LogP contribution >= 0.6 is 0 Å². The van der Waals surface area contributed by atoms with Gasteiger partial charge in [-0.2, -0.15) is 0 Å². The highest BCUT2D eigenvalue weighted by molar-refractivity contribution is 5.67. The number of aliphatic carboxylic acids is 1. The molecule has 2 aromatic rings. The Morgan fingerprint density at radius 2 is 1.64 bits per heavy atom. The largest absolute Gasteiger partial charge is 0.489 e. The van der Waals surface area contributed by atoms with Crippen LogP contribution in [0.2, 0.25) is 0 Å². The first-order chi connectivity index (χ1) is 10.5. The maximum atomic E-state index is 10.6. The topological polar surface area (TPSA) is 89.7 Å². The van der Waals surface area contributed by atoms with Gasteiger partial charge in [0.1, 0.15) is 12.4 Å². The molecular weight excluding hydrogens is 286 g/mol. The van der Waals surface area contributed by atoms with Crippen LogP contribution in [0.4, 0.5) is 5.69 Å². The Bertz CT molecular complexity index is 649. The summed E-state index contributed by atoms with van der Waals surface area (Å²) in [5.74, 6) is -0.157. The van der Waals surface area contributed by atoms with Crippen LogP contribution in [0.3, 0.4) is 0 Å². The molecule has 2 rings (SSSR count). The van der Waals surface area contributed by atoms with Crippen LogP contribution in [0, 0.1) is 10.1 Å². The van der Waals surface area contributed by atoms with Crippen LogP contribution in [0.1, 0.15) is 17.5 Å². The van der Waals surface area contributed by atoms with Gasteiger partial charge in [0.15, 0.2) is 0 Å². The number of rotatable bonds is 7. The third-order valence-corrected chi connectivity index (χ3v) is 3.10. The van der Waals surface area contributed by atoms with Crippen LogP contribution in [0.5, 0.6) is 5.75 Å². The highest BCUT2D eigenvalue weighted by atomic mass is 16.6. The smallest absolute Gasteiger partial charge is 0.303 e. The summed E-state index contributed by atoms with van der Waals surface area (Å²) >= 11 is 0. The van der Waals surface area contributed by atoms with Gasteiger partial charge < -0.3 is 9.84 Å². The van der Waals surface area contributed by atoms with Crippen molar-refractivity contribution in [2.45, 2.75) is 19.4 Å². The first kappa shape index (κ1) is 15.5. The van der Waals surface area contributed by atoms with Gasteiger partial charge in [0, 0.05) is 18.6 Å². The Kier molecular flexibility index (Phi) is 5.08. The number of nitro groups is 1. The van der Waals surface area contributed by atoms with E-state index in [1.807, 2.05) is 12.1 Å². The molecule has 0 saturated carbocycles. The molecule has 0 aliphatic rings. The van der Waals surface area contributed by atoms with Crippen molar-refractivity contribution in [2.24, 2.45) is 0 Å². The van der Waals surface area contributed by atoms with E-state index in [1.165, 1.54) is 12.1 Å². The Morgan fingerprint density at radius 1 is 1.05 bits per heavy atom. The minimum Gasteiger partial charge on any atom is -0.489 e. The summed E-state index contributed by atoms with van der Waals surface area (Å²) in [6.45, 7) is 0.312. The molecule has 0 aliphatic heterocycles. The summed E-state index contributed by atoms with van der Waals surface area (Å²) in [4.78, 5) is 20.6. The molecule has 0 unspecified atom stereocenters. The van der Waals surface area contributed by atoms with Crippen LogP contribution in [-0.2, 0) is 17.8 Å². The highest BCUT2D eigenvalue weighted by Gasteiger charge is 2.04. The fraction of sp³-hybridized carbons (Fsp3) is 0.188. The number of ether oxygens (including phenoxy) is 1. The molecule has 0 saturated heterocycles. The first-order valence-corrected chi connectivity index (χ1v) is 6.71. The van der Waals surface area contributed by atoms with Gasteiger partial charge in [0.25, 0.3) is 5.69 Å². The lowest BCUT2D eigenvalue weighted by molar-refractivity contribution is -0.384. The number of carboxylic acid groups (broad SMARTS) is 1. The van der Waals surface area contributed by atoms with Crippen molar-refractivity contribution in [2.75, 3.05) is 0 Å². The van der Waals surface area contributed by atoms with Gasteiger partial charge in [-0.15, -0.1) is 0 Å². The van der Waals surface area contributed by atoms with E-state index in [9.17, 15) is 14.9 Å². The van der Waals surface area contributed by atoms with Crippen molar-refractivity contribution in [3.05, 3.63) is 69.8 Å². The molecule has 0 fully saturated rings. The zero-order valence-corrected chi connectivity index (χ0v) is 11.8. The summed E-state index contributed by atoms with van der Waals surface area (Å²) in [6.07, 6.45) is 0.584. The van der Waals surface area contributed by atoms with Gasteiger partial charge in [-0.25, -0.2) is 0 Å². The molecular formula is C16H15NO5. The van der Waals surface area contributed by atoms with Crippen molar-refractivity contribution in [1.29, 1.82) is 0 Å². The van der Waals surface area contributed by atoms with E-state index in [0.29, 0.717) is 18.8 Å². The number of carboxylic acids is 1. The van der Waals surface area contributed by atoms with Gasteiger partial charge in [-0.3, -0.25) is 14.9 Å². The monoisotopic (exact) mass is 301 g/mol. The Morgan fingerprint density at radius 3 is 2.18 bits per heavy atom. The lowest BCUT2D eigenvalue weighted by atomic mass is 10.1. The maximum absolute atomic E-state index is 10.6. The van der Waals surface area contributed by atoms with Gasteiger partial charge in [-0.05, 0) is 41.8 Å². The third-order valence-electron chi connectivity index (χ3n) is 3.10. The predicted molar refractivity (Wildman–Crippen MR) is 79.8 cm³/mol. The SMILES string of the molecule is O=C(O)CCc1ccc(OCc2ccc([N+](=O)[O-])cc2)cc1. The molecule has 0 heterocycles. The van der Waals surface area contributed by atoms with Crippen LogP contribution in [0.15, 0.2) is 48.5 Å². The van der Waals surface area contributed by atoms with Crippen LogP contribution in [-0.4, -0.2) is 16.0 Å². The van der Waals surface area contributed by atoms with Gasteiger partial charge in [0.2, 0.25) is 0 Å². The number of nitro benzene ring substituents is 1. The molecule has 0 amide bonds. The van der Waals surface area contributed by atoms with Crippen molar-refractivity contribution in [1.82, 2.24) is 0 Å². The van der Waals surface area contributed by atoms with Crippen molar-refractivity contribution in [3.8, 4) is 5.75 Å². The summed E-state index contributed by atoms with van der Waals surface area (Å²) < 4.78 is 5.59. The van der Waals surface area contributed by atoms with E-state index in [0.717, 1.165) is 11.1 Å². The number of non-ortho nitro benzene ring substituents is 1. The average Bonchev–Trinajstić information content (AvgIpc) is 2.52. The van der Waals surface area contributed by atoms with Crippen molar-refractivity contribution < 1.29 is 19.6 Å². The van der Waals surface area contributed by atoms with Crippen molar-refractivity contribution in [3.63, 3.8) is 0 Å². The maximum Gasteiger partial charge on any atom is 0.303 e. The molecule has 0 radical (unpaired) electrons. The minimum absolute atomic E-state index is 0.0477. The molecule has 0 spiro atoms. The summed E-state index contributed by atoms with van der Waals surface area (Å²) in [6, 6.07) is 13.4. The molecule has 6 nitrogen and oxygen atoms in total. The molecule has 0 bridgehead atoms. The normalized spacial score (nSPS) is 10.2. The number of hydrogen-bond donors (Lipinski definition) is 1. The Labute approximate surface area is 127 Å². The van der Waals surface area contributed by atoms with Gasteiger partial charge in [0.05, 0.1) is 4.92 Å². The number of carbonyl (C=O) groups is 1. The standard InChI is InChI=1S/C16H15NO5/c18-16(19)10-5-12-3-8-15(9-4-12)22-11-13-1-6-14(7-2-13)17(20)21/h1-4,6-9H,5,10-11H2,(H,18,19). The highest BCUT2D eigenvalue weighted by Crippen LogP contribution is 2.17. The van der Waals surface area contributed by atoms with E-state index in [4.69, 9.17) is 9.84 Å². The second kappa shape index (κ2) is 7.21. The molecule has 0 aromatic heterocycles. The third kappa shape index (κ3) is 4.59. The minimum atomic E-state index is -0.821. The Hall–Kier alpha value is -2.89. The van der Waals surface area contributed by atoms with E-state index < -0.39 is 10.9 Å². The molecule has 2 aromatic carbocycles. The lowest BCUT2D eigenvalue weighted by Gasteiger charge is -2.07. The zero-order valence-electron chi connectivity index (χ0n) is 11.8. The molecule has 6 heteroatoms. The van der Waals surface area contributed by atoms with Crippen molar-refractivity contribution >= 4 is 11.7 Å². The van der Waals surface area contributed by atoms with Crippen LogP contribution in [0.25, 0.3) is 0 Å². The number of aryl methyl sites for hydroxylation is 1. The van der Waals surface area contributed by atoms with Gasteiger partial charge in [-0.1, -0.05) is 12.1 Å². The van der Waals surface area contributed by atoms with E-state index >= 15 is 0 Å². The average molecular weight is 301 g/mol. The quantitative estimate of drug-likeness (QED) is 0.626. The summed E-state index contributed by atoms with van der Waals surface area (Å²) in [5, 5.41) is 19.2. The van der Waals surface area contributed by atoms with E-state index in [1.54, 1.807) is 24.3 Å². The molecule has 0 aliphatic carbocycles. The molecule has 0 atom stereocenters. The molecule has 22 heavy (non-hydrogen) atoms. The van der Waals surface area contributed by atoms with Crippen LogP contribution < -0.4 is 4.74 Å². The number of nitrogens with zero attached hydrogens (tertiary/aromatic N) is 1. The van der Waals surface area contributed by atoms with E-state index in [-0.39, 0.29) is 12.1 Å².